The molecular formula is C20H17Cl2N3O. The van der Waals surface area contributed by atoms with Crippen LogP contribution in [-0.2, 0) is 6.54 Å². The van der Waals surface area contributed by atoms with E-state index in [1.807, 2.05) is 31.2 Å². The largest absolute Gasteiger partial charge is 0.353 e. The second-order valence-electron chi connectivity index (χ2n) is 5.88. The van der Waals surface area contributed by atoms with Crippen molar-refractivity contribution in [1.29, 1.82) is 0 Å². The van der Waals surface area contributed by atoms with Crippen LogP contribution in [0.2, 0.25) is 10.0 Å². The maximum absolute atomic E-state index is 12.4. The molecule has 1 heterocycles. The maximum Gasteiger partial charge on any atom is 0.253 e. The highest BCUT2D eigenvalue weighted by Crippen LogP contribution is 2.28. The monoisotopic (exact) mass is 385 g/mol. The summed E-state index contributed by atoms with van der Waals surface area (Å²) in [5, 5.41) is 7.10. The molecule has 1 aromatic heterocycles. The van der Waals surface area contributed by atoms with Crippen molar-refractivity contribution >= 4 is 40.5 Å². The molecule has 0 saturated carbocycles. The summed E-state index contributed by atoms with van der Waals surface area (Å²) < 4.78 is 0. The van der Waals surface area contributed by atoms with Gasteiger partial charge in [-0.1, -0.05) is 53.0 Å². The molecule has 6 heteroatoms. The highest BCUT2D eigenvalue weighted by atomic mass is 35.5. The number of aryl methyl sites for hydroxylation is 1. The first kappa shape index (κ1) is 18.2. The first-order valence-corrected chi connectivity index (χ1v) is 8.78. The molecule has 2 aromatic carbocycles. The van der Waals surface area contributed by atoms with Crippen LogP contribution in [0.3, 0.4) is 0 Å². The minimum Gasteiger partial charge on any atom is -0.353 e. The van der Waals surface area contributed by atoms with Crippen molar-refractivity contribution in [3.63, 3.8) is 0 Å². The van der Waals surface area contributed by atoms with Gasteiger partial charge in [-0.05, 0) is 36.8 Å². The van der Waals surface area contributed by atoms with E-state index in [0.29, 0.717) is 33.5 Å². The normalized spacial score (nSPS) is 10.4. The minimum absolute atomic E-state index is 0.190. The van der Waals surface area contributed by atoms with E-state index in [0.717, 1.165) is 11.1 Å². The van der Waals surface area contributed by atoms with Gasteiger partial charge in [0.2, 0.25) is 0 Å². The van der Waals surface area contributed by atoms with Gasteiger partial charge in [0.05, 0.1) is 28.2 Å². The van der Waals surface area contributed by atoms with E-state index in [4.69, 9.17) is 23.2 Å². The van der Waals surface area contributed by atoms with Crippen molar-refractivity contribution in [3.8, 4) is 0 Å². The van der Waals surface area contributed by atoms with Crippen LogP contribution >= 0.6 is 23.2 Å². The Morgan fingerprint density at radius 1 is 1.08 bits per heavy atom. The molecule has 26 heavy (non-hydrogen) atoms. The Labute approximate surface area is 162 Å². The Hall–Kier alpha value is -2.56. The number of anilines is 2. The lowest BCUT2D eigenvalue weighted by molar-refractivity contribution is 0.0950. The number of amides is 1. The molecule has 0 aliphatic carbocycles. The molecule has 0 saturated heterocycles. The van der Waals surface area contributed by atoms with Crippen LogP contribution < -0.4 is 10.6 Å². The molecule has 0 aliphatic heterocycles. The number of benzene rings is 2. The van der Waals surface area contributed by atoms with E-state index >= 15 is 0 Å². The summed E-state index contributed by atoms with van der Waals surface area (Å²) in [6, 6.07) is 14.9. The van der Waals surface area contributed by atoms with Crippen LogP contribution in [-0.4, -0.2) is 10.9 Å². The summed E-state index contributed by atoms with van der Waals surface area (Å²) in [4.78, 5) is 16.5. The fourth-order valence-corrected chi connectivity index (χ4v) is 2.94. The van der Waals surface area contributed by atoms with Gasteiger partial charge in [-0.15, -0.1) is 0 Å². The molecule has 0 aliphatic rings. The summed E-state index contributed by atoms with van der Waals surface area (Å²) in [6.45, 7) is 2.48. The molecular weight excluding hydrogens is 369 g/mol. The van der Waals surface area contributed by atoms with Crippen LogP contribution in [0.5, 0.6) is 0 Å². The average Bonchev–Trinajstić information content (AvgIpc) is 2.62. The van der Waals surface area contributed by atoms with E-state index in [-0.39, 0.29) is 5.91 Å². The first-order valence-electron chi connectivity index (χ1n) is 8.02. The molecule has 3 rings (SSSR count). The molecule has 2 N–H and O–H groups in total. The summed E-state index contributed by atoms with van der Waals surface area (Å²) in [5.74, 6) is -0.190. The summed E-state index contributed by atoms with van der Waals surface area (Å²) in [7, 11) is 0. The molecule has 0 atom stereocenters. The highest BCUT2D eigenvalue weighted by molar-refractivity contribution is 6.36. The van der Waals surface area contributed by atoms with Crippen LogP contribution in [0.4, 0.5) is 11.4 Å². The van der Waals surface area contributed by atoms with Crippen LogP contribution in [0.15, 0.2) is 60.9 Å². The second-order valence-corrected chi connectivity index (χ2v) is 6.73. The predicted molar refractivity (Wildman–Crippen MR) is 106 cm³/mol. The Balaban J connectivity index is 1.69. The average molecular weight is 386 g/mol. The van der Waals surface area contributed by atoms with E-state index in [1.165, 1.54) is 6.20 Å². The molecule has 132 valence electrons. The van der Waals surface area contributed by atoms with Gasteiger partial charge >= 0.3 is 0 Å². The lowest BCUT2D eigenvalue weighted by atomic mass is 10.1. The molecule has 0 bridgehead atoms. The highest BCUT2D eigenvalue weighted by Gasteiger charge is 2.08. The van der Waals surface area contributed by atoms with E-state index in [9.17, 15) is 4.79 Å². The number of halogens is 2. The molecule has 1 amide bonds. The quantitative estimate of drug-likeness (QED) is 0.620. The predicted octanol–water partition coefficient (Wildman–Crippen LogP) is 5.37. The fraction of sp³-hybridized carbons (Fsp3) is 0.100. The van der Waals surface area contributed by atoms with Crippen molar-refractivity contribution in [3.05, 3.63) is 87.7 Å². The third kappa shape index (κ3) is 4.75. The smallest absolute Gasteiger partial charge is 0.253 e. The lowest BCUT2D eigenvalue weighted by Gasteiger charge is -2.10. The Morgan fingerprint density at radius 3 is 2.69 bits per heavy atom. The van der Waals surface area contributed by atoms with Gasteiger partial charge in [-0.25, -0.2) is 0 Å². The third-order valence-electron chi connectivity index (χ3n) is 3.75. The van der Waals surface area contributed by atoms with Crippen LogP contribution in [0.1, 0.15) is 21.5 Å². The van der Waals surface area contributed by atoms with Gasteiger partial charge < -0.3 is 10.6 Å². The zero-order valence-electron chi connectivity index (χ0n) is 14.1. The van der Waals surface area contributed by atoms with Gasteiger partial charge in [0.25, 0.3) is 5.91 Å². The van der Waals surface area contributed by atoms with Crippen molar-refractivity contribution < 1.29 is 4.79 Å². The standard InChI is InChI=1S/C20H17Cl2N3O/c1-13-3-2-4-14(7-13)10-24-20(26)15-8-17(12-23-11-15)25-19-6-5-16(21)9-18(19)22/h2-9,11-12,25H,10H2,1H3,(H,24,26). The van der Waals surface area contributed by atoms with Gasteiger partial charge in [-0.3, -0.25) is 9.78 Å². The number of carbonyl (C=O) groups excluding carboxylic acids is 1. The van der Waals surface area contributed by atoms with E-state index < -0.39 is 0 Å². The summed E-state index contributed by atoms with van der Waals surface area (Å²) >= 11 is 12.1. The zero-order valence-corrected chi connectivity index (χ0v) is 15.6. The van der Waals surface area contributed by atoms with E-state index in [1.54, 1.807) is 30.5 Å². The molecule has 4 nitrogen and oxygen atoms in total. The van der Waals surface area contributed by atoms with Crippen molar-refractivity contribution in [2.45, 2.75) is 13.5 Å². The van der Waals surface area contributed by atoms with Gasteiger partial charge in [0.15, 0.2) is 0 Å². The third-order valence-corrected chi connectivity index (χ3v) is 4.29. The maximum atomic E-state index is 12.4. The Morgan fingerprint density at radius 2 is 1.92 bits per heavy atom. The SMILES string of the molecule is Cc1cccc(CNC(=O)c2cncc(Nc3ccc(Cl)cc3Cl)c2)c1. The number of hydrogen-bond donors (Lipinski definition) is 2. The number of hydrogen-bond acceptors (Lipinski definition) is 3. The molecule has 0 fully saturated rings. The molecule has 3 aromatic rings. The van der Waals surface area contributed by atoms with Gasteiger partial charge in [0, 0.05) is 17.8 Å². The molecule has 0 spiro atoms. The van der Waals surface area contributed by atoms with Gasteiger partial charge in [-0.2, -0.15) is 0 Å². The number of nitrogens with one attached hydrogen (secondary N) is 2. The first-order chi connectivity index (χ1) is 12.5. The van der Waals surface area contributed by atoms with Crippen molar-refractivity contribution in [2.24, 2.45) is 0 Å². The number of nitrogens with zero attached hydrogens (tertiary/aromatic N) is 1. The topological polar surface area (TPSA) is 54.0 Å². The number of rotatable bonds is 5. The van der Waals surface area contributed by atoms with Gasteiger partial charge in [0.1, 0.15) is 0 Å². The minimum atomic E-state index is -0.190. The number of carbonyl (C=O) groups is 1. The molecule has 0 unspecified atom stereocenters. The molecule has 0 radical (unpaired) electrons. The van der Waals surface area contributed by atoms with Crippen LogP contribution in [0, 0.1) is 6.92 Å². The van der Waals surface area contributed by atoms with Crippen LogP contribution in [0.25, 0.3) is 0 Å². The van der Waals surface area contributed by atoms with E-state index in [2.05, 4.69) is 15.6 Å². The Kier molecular flexibility index (Phi) is 5.76. The lowest BCUT2D eigenvalue weighted by Crippen LogP contribution is -2.23. The zero-order chi connectivity index (χ0) is 18.5. The van der Waals surface area contributed by atoms with Crippen molar-refractivity contribution in [1.82, 2.24) is 10.3 Å². The number of pyridine rings is 1. The fourth-order valence-electron chi connectivity index (χ4n) is 2.49. The summed E-state index contributed by atoms with van der Waals surface area (Å²) in [6.07, 6.45) is 3.16. The number of aromatic nitrogens is 1. The van der Waals surface area contributed by atoms with Crippen molar-refractivity contribution in [2.75, 3.05) is 5.32 Å². The second kappa shape index (κ2) is 8.21. The summed E-state index contributed by atoms with van der Waals surface area (Å²) in [5.41, 5.74) is 4.03. The Bertz CT molecular complexity index is 944.